The highest BCUT2D eigenvalue weighted by Crippen LogP contribution is 2.35. The molecule has 1 rings (SSSR count). The van der Waals surface area contributed by atoms with Crippen LogP contribution in [0.15, 0.2) is 0 Å². The number of Topliss-reactive ketones (excluding diaryl/α,β-unsaturated/α-hetero) is 1. The lowest BCUT2D eigenvalue weighted by atomic mass is 9.90. The predicted molar refractivity (Wildman–Crippen MR) is 54.7 cm³/mol. The lowest BCUT2D eigenvalue weighted by molar-refractivity contribution is -0.121. The molecule has 2 heteroatoms. The summed E-state index contributed by atoms with van der Waals surface area (Å²) in [6.45, 7) is 11.6. The number of carbonyl (C=O) groups excluding carboxylic acids is 1. The van der Waals surface area contributed by atoms with Crippen molar-refractivity contribution < 1.29 is 4.79 Å². The van der Waals surface area contributed by atoms with E-state index in [9.17, 15) is 4.79 Å². The van der Waals surface area contributed by atoms with Crippen LogP contribution in [0.3, 0.4) is 0 Å². The van der Waals surface area contributed by atoms with E-state index in [1.54, 1.807) is 6.92 Å². The second-order valence-corrected chi connectivity index (χ2v) is 5.26. The van der Waals surface area contributed by atoms with Crippen molar-refractivity contribution in [2.24, 2.45) is 5.41 Å². The van der Waals surface area contributed by atoms with E-state index >= 15 is 0 Å². The molecule has 0 bridgehead atoms. The van der Waals surface area contributed by atoms with Gasteiger partial charge in [-0.05, 0) is 32.6 Å². The van der Waals surface area contributed by atoms with Crippen LogP contribution in [0.4, 0.5) is 0 Å². The normalized spacial score (nSPS) is 28.3. The fraction of sp³-hybridized carbons (Fsp3) is 0.909. The Morgan fingerprint density at radius 3 is 2.31 bits per heavy atom. The number of ketones is 1. The number of nitrogens with zero attached hydrogens (tertiary/aromatic N) is 1. The van der Waals surface area contributed by atoms with E-state index in [4.69, 9.17) is 0 Å². The summed E-state index contributed by atoms with van der Waals surface area (Å²) in [5, 5.41) is 0. The molecule has 1 fully saturated rings. The summed E-state index contributed by atoms with van der Waals surface area (Å²) in [5.41, 5.74) is 0.306. The first-order valence-corrected chi connectivity index (χ1v) is 5.10. The van der Waals surface area contributed by atoms with Crippen LogP contribution in [-0.2, 0) is 4.79 Å². The van der Waals surface area contributed by atoms with Gasteiger partial charge in [-0.3, -0.25) is 9.69 Å². The van der Waals surface area contributed by atoms with Gasteiger partial charge < -0.3 is 0 Å². The first-order valence-electron chi connectivity index (χ1n) is 5.10. The van der Waals surface area contributed by atoms with Crippen LogP contribution in [0.25, 0.3) is 0 Å². The molecule has 0 saturated carbocycles. The lowest BCUT2D eigenvalue weighted by Crippen LogP contribution is -2.39. The molecule has 0 aromatic rings. The van der Waals surface area contributed by atoms with Gasteiger partial charge in [0.05, 0.1) is 6.04 Å². The van der Waals surface area contributed by atoms with Crippen LogP contribution >= 0.6 is 0 Å². The van der Waals surface area contributed by atoms with E-state index in [0.717, 1.165) is 13.0 Å². The number of likely N-dealkylation sites (tertiary alicyclic amines) is 1. The fourth-order valence-electron chi connectivity index (χ4n) is 2.23. The van der Waals surface area contributed by atoms with Gasteiger partial charge in [0, 0.05) is 12.6 Å². The first kappa shape index (κ1) is 10.7. The molecule has 0 spiro atoms. The second kappa shape index (κ2) is 3.41. The molecule has 1 saturated heterocycles. The van der Waals surface area contributed by atoms with Crippen molar-refractivity contribution in [1.29, 1.82) is 0 Å². The van der Waals surface area contributed by atoms with Crippen LogP contribution in [0.2, 0.25) is 0 Å². The zero-order chi connectivity index (χ0) is 10.2. The Hall–Kier alpha value is -0.370. The summed E-state index contributed by atoms with van der Waals surface area (Å²) in [7, 11) is 0. The van der Waals surface area contributed by atoms with Crippen molar-refractivity contribution in [1.82, 2.24) is 4.90 Å². The molecule has 0 aromatic heterocycles. The van der Waals surface area contributed by atoms with Crippen molar-refractivity contribution in [3.05, 3.63) is 0 Å². The third-order valence-electron chi connectivity index (χ3n) is 2.89. The van der Waals surface area contributed by atoms with Crippen molar-refractivity contribution in [3.63, 3.8) is 0 Å². The smallest absolute Gasteiger partial charge is 0.146 e. The van der Waals surface area contributed by atoms with Crippen LogP contribution in [0.1, 0.15) is 41.0 Å². The van der Waals surface area contributed by atoms with E-state index in [2.05, 4.69) is 32.6 Å². The lowest BCUT2D eigenvalue weighted by Gasteiger charge is -2.26. The van der Waals surface area contributed by atoms with Gasteiger partial charge in [-0.25, -0.2) is 0 Å². The highest BCUT2D eigenvalue weighted by molar-refractivity contribution is 5.81. The number of hydrogen-bond donors (Lipinski definition) is 0. The Kier molecular flexibility index (Phi) is 2.81. The summed E-state index contributed by atoms with van der Waals surface area (Å²) in [5.74, 6) is 0.319. The van der Waals surface area contributed by atoms with Crippen LogP contribution in [-0.4, -0.2) is 29.3 Å². The molecule has 2 nitrogen and oxygen atoms in total. The molecule has 1 heterocycles. The molecule has 0 aliphatic carbocycles. The molecular weight excluding hydrogens is 162 g/mol. The average Bonchev–Trinajstić information content (AvgIpc) is 2.26. The number of carbonyl (C=O) groups is 1. The average molecular weight is 183 g/mol. The van der Waals surface area contributed by atoms with Gasteiger partial charge in [-0.2, -0.15) is 0 Å². The van der Waals surface area contributed by atoms with Gasteiger partial charge >= 0.3 is 0 Å². The molecule has 13 heavy (non-hydrogen) atoms. The standard InChI is InChI=1S/C11H21NO/c1-8(2)12-7-11(4,5)6-10(12)9(3)13/h8,10H,6-7H2,1-5H3. The maximum Gasteiger partial charge on any atom is 0.146 e. The molecule has 0 radical (unpaired) electrons. The van der Waals surface area contributed by atoms with Gasteiger partial charge in [-0.1, -0.05) is 13.8 Å². The van der Waals surface area contributed by atoms with Crippen LogP contribution in [0, 0.1) is 5.41 Å². The minimum Gasteiger partial charge on any atom is -0.298 e. The van der Waals surface area contributed by atoms with Gasteiger partial charge in [0.1, 0.15) is 5.78 Å². The Labute approximate surface area is 81.3 Å². The molecule has 0 N–H and O–H groups in total. The molecule has 1 aliphatic heterocycles. The number of hydrogen-bond acceptors (Lipinski definition) is 2. The summed E-state index contributed by atoms with van der Waals surface area (Å²) < 4.78 is 0. The topological polar surface area (TPSA) is 20.3 Å². The van der Waals surface area contributed by atoms with Crippen molar-refractivity contribution >= 4 is 5.78 Å². The van der Waals surface area contributed by atoms with Gasteiger partial charge in [-0.15, -0.1) is 0 Å². The maximum absolute atomic E-state index is 11.4. The molecule has 76 valence electrons. The minimum atomic E-state index is 0.162. The molecular formula is C11H21NO. The largest absolute Gasteiger partial charge is 0.298 e. The third-order valence-corrected chi connectivity index (χ3v) is 2.89. The van der Waals surface area contributed by atoms with Gasteiger partial charge in [0.15, 0.2) is 0 Å². The highest BCUT2D eigenvalue weighted by Gasteiger charge is 2.40. The Balaban J connectivity index is 2.77. The minimum absolute atomic E-state index is 0.162. The van der Waals surface area contributed by atoms with Crippen molar-refractivity contribution in [2.75, 3.05) is 6.54 Å². The molecule has 1 aliphatic rings. The first-order chi connectivity index (χ1) is 5.83. The predicted octanol–water partition coefficient (Wildman–Crippen LogP) is 2.08. The van der Waals surface area contributed by atoms with Gasteiger partial charge in [0.2, 0.25) is 0 Å². The summed E-state index contributed by atoms with van der Waals surface area (Å²) in [6.07, 6.45) is 1.01. The Morgan fingerprint density at radius 1 is 1.46 bits per heavy atom. The van der Waals surface area contributed by atoms with Crippen LogP contribution < -0.4 is 0 Å². The highest BCUT2D eigenvalue weighted by atomic mass is 16.1. The molecule has 0 amide bonds. The summed E-state index contributed by atoms with van der Waals surface area (Å²) in [4.78, 5) is 13.7. The van der Waals surface area contributed by atoms with E-state index in [1.165, 1.54) is 0 Å². The Bertz CT molecular complexity index is 208. The van der Waals surface area contributed by atoms with Gasteiger partial charge in [0.25, 0.3) is 0 Å². The zero-order valence-corrected chi connectivity index (χ0v) is 9.42. The van der Waals surface area contributed by atoms with E-state index in [0.29, 0.717) is 17.2 Å². The van der Waals surface area contributed by atoms with E-state index < -0.39 is 0 Å². The molecule has 1 unspecified atom stereocenters. The second-order valence-electron chi connectivity index (χ2n) is 5.26. The number of rotatable bonds is 2. The van der Waals surface area contributed by atoms with E-state index in [1.807, 2.05) is 0 Å². The summed E-state index contributed by atoms with van der Waals surface area (Å²) in [6, 6.07) is 0.644. The van der Waals surface area contributed by atoms with Crippen LogP contribution in [0.5, 0.6) is 0 Å². The van der Waals surface area contributed by atoms with Crippen molar-refractivity contribution in [3.8, 4) is 0 Å². The fourth-order valence-corrected chi connectivity index (χ4v) is 2.23. The molecule has 0 aromatic carbocycles. The third kappa shape index (κ3) is 2.31. The zero-order valence-electron chi connectivity index (χ0n) is 9.42. The van der Waals surface area contributed by atoms with E-state index in [-0.39, 0.29) is 6.04 Å². The monoisotopic (exact) mass is 183 g/mol. The maximum atomic E-state index is 11.4. The molecule has 1 atom stereocenters. The SMILES string of the molecule is CC(=O)C1CC(C)(C)CN1C(C)C. The van der Waals surface area contributed by atoms with Crippen molar-refractivity contribution in [2.45, 2.75) is 53.1 Å². The Morgan fingerprint density at radius 2 is 2.00 bits per heavy atom. The quantitative estimate of drug-likeness (QED) is 0.653. The summed E-state index contributed by atoms with van der Waals surface area (Å²) >= 11 is 0.